The molecule has 118 valence electrons. The van der Waals surface area contributed by atoms with Crippen LogP contribution >= 0.6 is 11.3 Å². The Bertz CT molecular complexity index is 628. The smallest absolute Gasteiger partial charge is 0.247 e. The molecule has 5 nitrogen and oxygen atoms in total. The molecule has 2 N–H and O–H groups in total. The first kappa shape index (κ1) is 16.5. The summed E-state index contributed by atoms with van der Waals surface area (Å²) in [4.78, 5) is 24.9. The zero-order valence-corrected chi connectivity index (χ0v) is 14.0. The largest absolute Gasteiger partial charge is 0.344 e. The highest BCUT2D eigenvalue weighted by Gasteiger charge is 2.26. The van der Waals surface area contributed by atoms with E-state index in [9.17, 15) is 14.9 Å². The fraction of sp³-hybridized carbons (Fsp3) is 0.562. The zero-order valence-electron chi connectivity index (χ0n) is 13.2. The van der Waals surface area contributed by atoms with Crippen LogP contribution in [0.2, 0.25) is 0 Å². The molecule has 1 aromatic rings. The molecular weight excluding hydrogens is 298 g/mol. The molecule has 0 spiro atoms. The van der Waals surface area contributed by atoms with Gasteiger partial charge in [0.05, 0.1) is 5.56 Å². The predicted octanol–water partition coefficient (Wildman–Crippen LogP) is 2.60. The van der Waals surface area contributed by atoms with Crippen LogP contribution in [0.15, 0.2) is 0 Å². The second-order valence-electron chi connectivity index (χ2n) is 5.94. The average Bonchev–Trinajstić information content (AvgIpc) is 2.81. The Labute approximate surface area is 134 Å². The standard InChI is InChI=1S/C16H21N3O2S/c1-9(2)14(18-10(3)20)15(21)19-16-12(8-17)11-6-4-5-7-13(11)22-16/h9,14H,4-7H2,1-3H3,(H,18,20)(H,19,21). The summed E-state index contributed by atoms with van der Waals surface area (Å²) < 4.78 is 0. The van der Waals surface area contributed by atoms with Gasteiger partial charge in [0, 0.05) is 11.8 Å². The summed E-state index contributed by atoms with van der Waals surface area (Å²) in [6.45, 7) is 5.16. The third-order valence-corrected chi connectivity index (χ3v) is 5.03. The highest BCUT2D eigenvalue weighted by Crippen LogP contribution is 2.37. The van der Waals surface area contributed by atoms with Crippen LogP contribution in [0.3, 0.4) is 0 Å². The minimum Gasteiger partial charge on any atom is -0.344 e. The molecule has 0 aromatic carbocycles. The van der Waals surface area contributed by atoms with Crippen LogP contribution in [0, 0.1) is 17.2 Å². The minimum absolute atomic E-state index is 0.0241. The minimum atomic E-state index is -0.594. The van der Waals surface area contributed by atoms with Crippen molar-refractivity contribution in [2.24, 2.45) is 5.92 Å². The van der Waals surface area contributed by atoms with Gasteiger partial charge in [-0.3, -0.25) is 9.59 Å². The van der Waals surface area contributed by atoms with Gasteiger partial charge in [-0.2, -0.15) is 5.26 Å². The Hall–Kier alpha value is -1.87. The third kappa shape index (κ3) is 3.47. The molecule has 0 bridgehead atoms. The highest BCUT2D eigenvalue weighted by atomic mass is 32.1. The van der Waals surface area contributed by atoms with E-state index >= 15 is 0 Å². The predicted molar refractivity (Wildman–Crippen MR) is 86.7 cm³/mol. The van der Waals surface area contributed by atoms with E-state index in [-0.39, 0.29) is 17.7 Å². The van der Waals surface area contributed by atoms with Crippen molar-refractivity contribution in [3.8, 4) is 6.07 Å². The molecule has 0 saturated carbocycles. The summed E-state index contributed by atoms with van der Waals surface area (Å²) in [5, 5.41) is 15.5. The fourth-order valence-electron chi connectivity index (χ4n) is 2.72. The van der Waals surface area contributed by atoms with Crippen molar-refractivity contribution in [1.82, 2.24) is 5.32 Å². The molecular formula is C16H21N3O2S. The van der Waals surface area contributed by atoms with Gasteiger partial charge in [0.25, 0.3) is 0 Å². The van der Waals surface area contributed by atoms with Crippen LogP contribution in [0.25, 0.3) is 0 Å². The van der Waals surface area contributed by atoms with Crippen LogP contribution in [-0.4, -0.2) is 17.9 Å². The van der Waals surface area contributed by atoms with E-state index in [1.807, 2.05) is 13.8 Å². The number of nitrogens with one attached hydrogen (secondary N) is 2. The maximum absolute atomic E-state index is 12.4. The van der Waals surface area contributed by atoms with Gasteiger partial charge >= 0.3 is 0 Å². The maximum Gasteiger partial charge on any atom is 0.247 e. The summed E-state index contributed by atoms with van der Waals surface area (Å²) in [6.07, 6.45) is 4.10. The summed E-state index contributed by atoms with van der Waals surface area (Å²) in [5.41, 5.74) is 1.69. The van der Waals surface area contributed by atoms with Gasteiger partial charge in [-0.25, -0.2) is 0 Å². The number of thiophene rings is 1. The Kier molecular flexibility index (Phi) is 5.19. The molecule has 6 heteroatoms. The number of hydrogen-bond donors (Lipinski definition) is 2. The van der Waals surface area contributed by atoms with Crippen LogP contribution in [0.5, 0.6) is 0 Å². The van der Waals surface area contributed by atoms with Crippen molar-refractivity contribution in [2.45, 2.75) is 52.5 Å². The van der Waals surface area contributed by atoms with E-state index in [1.54, 1.807) is 0 Å². The number of rotatable bonds is 4. The number of fused-ring (bicyclic) bond motifs is 1. The van der Waals surface area contributed by atoms with Gasteiger partial charge < -0.3 is 10.6 Å². The monoisotopic (exact) mass is 319 g/mol. The van der Waals surface area contributed by atoms with E-state index in [0.29, 0.717) is 10.6 Å². The second-order valence-corrected chi connectivity index (χ2v) is 7.04. The second kappa shape index (κ2) is 6.93. The highest BCUT2D eigenvalue weighted by molar-refractivity contribution is 7.16. The first-order chi connectivity index (χ1) is 10.4. The molecule has 1 heterocycles. The van der Waals surface area contributed by atoms with Gasteiger partial charge in [-0.05, 0) is 37.2 Å². The Morgan fingerprint density at radius 2 is 1.95 bits per heavy atom. The lowest BCUT2D eigenvalue weighted by Crippen LogP contribution is -2.46. The lowest BCUT2D eigenvalue weighted by Gasteiger charge is -2.20. The molecule has 1 aliphatic carbocycles. The molecule has 2 amide bonds. The normalized spacial score (nSPS) is 14.9. The summed E-state index contributed by atoms with van der Waals surface area (Å²) in [6, 6.07) is 1.63. The van der Waals surface area contributed by atoms with Crippen LogP contribution in [-0.2, 0) is 22.4 Å². The van der Waals surface area contributed by atoms with Crippen molar-refractivity contribution in [2.75, 3.05) is 5.32 Å². The summed E-state index contributed by atoms with van der Waals surface area (Å²) in [5.74, 6) is -0.524. The number of hydrogen-bond acceptors (Lipinski definition) is 4. The van der Waals surface area contributed by atoms with E-state index in [0.717, 1.165) is 31.2 Å². The maximum atomic E-state index is 12.4. The molecule has 2 rings (SSSR count). The number of carbonyl (C=O) groups excluding carboxylic acids is 2. The molecule has 1 aromatic heterocycles. The van der Waals surface area contributed by atoms with Gasteiger partial charge in [0.15, 0.2) is 0 Å². The molecule has 0 fully saturated rings. The van der Waals surface area contributed by atoms with E-state index in [2.05, 4.69) is 16.7 Å². The molecule has 22 heavy (non-hydrogen) atoms. The fourth-order valence-corrected chi connectivity index (χ4v) is 3.96. The summed E-state index contributed by atoms with van der Waals surface area (Å²) in [7, 11) is 0. The van der Waals surface area contributed by atoms with Crippen molar-refractivity contribution >= 4 is 28.2 Å². The van der Waals surface area contributed by atoms with Gasteiger partial charge in [-0.1, -0.05) is 13.8 Å². The van der Waals surface area contributed by atoms with E-state index in [4.69, 9.17) is 0 Å². The number of nitriles is 1. The van der Waals surface area contributed by atoms with Crippen molar-refractivity contribution in [3.63, 3.8) is 0 Å². The summed E-state index contributed by atoms with van der Waals surface area (Å²) >= 11 is 1.50. The lowest BCUT2D eigenvalue weighted by atomic mass is 9.96. The number of aryl methyl sites for hydroxylation is 1. The zero-order chi connectivity index (χ0) is 16.3. The van der Waals surface area contributed by atoms with Crippen LogP contribution < -0.4 is 10.6 Å². The molecule has 0 saturated heterocycles. The van der Waals surface area contributed by atoms with Gasteiger partial charge in [0.1, 0.15) is 17.1 Å². The SMILES string of the molecule is CC(=O)NC(C(=O)Nc1sc2c(c1C#N)CCCC2)C(C)C. The van der Waals surface area contributed by atoms with Crippen molar-refractivity contribution in [3.05, 3.63) is 16.0 Å². The number of carbonyl (C=O) groups is 2. The van der Waals surface area contributed by atoms with E-state index in [1.165, 1.54) is 23.1 Å². The molecule has 0 aliphatic heterocycles. The first-order valence-corrected chi connectivity index (χ1v) is 8.38. The third-order valence-electron chi connectivity index (χ3n) is 3.83. The topological polar surface area (TPSA) is 82.0 Å². The molecule has 1 atom stereocenters. The lowest BCUT2D eigenvalue weighted by molar-refractivity contribution is -0.126. The molecule has 1 unspecified atom stereocenters. The van der Waals surface area contributed by atoms with Gasteiger partial charge in [0.2, 0.25) is 11.8 Å². The van der Waals surface area contributed by atoms with Gasteiger partial charge in [-0.15, -0.1) is 11.3 Å². The molecule has 0 radical (unpaired) electrons. The average molecular weight is 319 g/mol. The number of anilines is 1. The van der Waals surface area contributed by atoms with Crippen molar-refractivity contribution < 1.29 is 9.59 Å². The molecule has 1 aliphatic rings. The Morgan fingerprint density at radius 3 is 2.55 bits per heavy atom. The van der Waals surface area contributed by atoms with E-state index < -0.39 is 6.04 Å². The Morgan fingerprint density at radius 1 is 1.27 bits per heavy atom. The van der Waals surface area contributed by atoms with Crippen LogP contribution in [0.1, 0.15) is 49.6 Å². The first-order valence-electron chi connectivity index (χ1n) is 7.56. The van der Waals surface area contributed by atoms with Crippen molar-refractivity contribution in [1.29, 1.82) is 5.26 Å². The quantitative estimate of drug-likeness (QED) is 0.895. The Balaban J connectivity index is 2.22. The van der Waals surface area contributed by atoms with Crippen LogP contribution in [0.4, 0.5) is 5.00 Å². The number of amides is 2. The number of nitrogens with zero attached hydrogens (tertiary/aromatic N) is 1.